The summed E-state index contributed by atoms with van der Waals surface area (Å²) in [6.07, 6.45) is 10.5. The molecule has 0 bridgehead atoms. The van der Waals surface area contributed by atoms with Crippen LogP contribution < -0.4 is 5.32 Å². The highest BCUT2D eigenvalue weighted by molar-refractivity contribution is 5.81. The van der Waals surface area contributed by atoms with E-state index in [0.29, 0.717) is 0 Å². The monoisotopic (exact) mass is 325 g/mol. The standard InChI is InChI=1S/C19H27N5/c1-20-19(24-12-15-5-2-3-6-16(15)13-24)22-10-8-14-11-23-18-17(14)7-4-9-21-18/h4,7,9,11,15-16H,2-3,5-6,8,10,12-13H2,1H3,(H,20,22)(H,21,23). The van der Waals surface area contributed by atoms with E-state index in [1.54, 1.807) is 0 Å². The van der Waals surface area contributed by atoms with E-state index in [4.69, 9.17) is 0 Å². The van der Waals surface area contributed by atoms with Gasteiger partial charge in [-0.3, -0.25) is 4.99 Å². The van der Waals surface area contributed by atoms with Crippen LogP contribution in [0.3, 0.4) is 0 Å². The summed E-state index contributed by atoms with van der Waals surface area (Å²) >= 11 is 0. The number of hydrogen-bond donors (Lipinski definition) is 2. The molecule has 0 amide bonds. The molecule has 128 valence electrons. The Labute approximate surface area is 143 Å². The van der Waals surface area contributed by atoms with Gasteiger partial charge in [0, 0.05) is 44.5 Å². The van der Waals surface area contributed by atoms with Gasteiger partial charge in [-0.1, -0.05) is 12.8 Å². The average molecular weight is 325 g/mol. The third-order valence-corrected chi connectivity index (χ3v) is 5.70. The van der Waals surface area contributed by atoms with Crippen LogP contribution in [-0.4, -0.2) is 47.5 Å². The van der Waals surface area contributed by atoms with E-state index >= 15 is 0 Å². The second-order valence-corrected chi connectivity index (χ2v) is 7.15. The molecule has 5 nitrogen and oxygen atoms in total. The molecule has 1 saturated heterocycles. The van der Waals surface area contributed by atoms with Crippen molar-refractivity contribution in [1.29, 1.82) is 0 Å². The highest BCUT2D eigenvalue weighted by Gasteiger charge is 2.35. The first-order valence-electron chi connectivity index (χ1n) is 9.21. The molecular weight excluding hydrogens is 298 g/mol. The van der Waals surface area contributed by atoms with Crippen molar-refractivity contribution in [2.45, 2.75) is 32.1 Å². The van der Waals surface area contributed by atoms with E-state index in [1.807, 2.05) is 19.3 Å². The highest BCUT2D eigenvalue weighted by Crippen LogP contribution is 2.35. The summed E-state index contributed by atoms with van der Waals surface area (Å²) in [5, 5.41) is 4.79. The lowest BCUT2D eigenvalue weighted by molar-refractivity contribution is 0.299. The number of aromatic nitrogens is 2. The first kappa shape index (κ1) is 15.5. The van der Waals surface area contributed by atoms with E-state index in [1.165, 1.54) is 49.7 Å². The van der Waals surface area contributed by atoms with Gasteiger partial charge in [-0.25, -0.2) is 4.98 Å². The number of nitrogens with one attached hydrogen (secondary N) is 2. The number of nitrogens with zero attached hydrogens (tertiary/aromatic N) is 3. The Morgan fingerprint density at radius 2 is 2.12 bits per heavy atom. The molecule has 2 aromatic rings. The maximum absolute atomic E-state index is 4.52. The summed E-state index contributed by atoms with van der Waals surface area (Å²) in [5.41, 5.74) is 2.29. The van der Waals surface area contributed by atoms with Gasteiger partial charge in [-0.15, -0.1) is 0 Å². The number of hydrogen-bond acceptors (Lipinski definition) is 2. The van der Waals surface area contributed by atoms with Crippen molar-refractivity contribution >= 4 is 17.0 Å². The summed E-state index contributed by atoms with van der Waals surface area (Å²) in [7, 11) is 1.90. The summed E-state index contributed by atoms with van der Waals surface area (Å²) in [5.74, 6) is 2.84. The third-order valence-electron chi connectivity index (χ3n) is 5.70. The fourth-order valence-corrected chi connectivity index (χ4v) is 4.44. The Bertz CT molecular complexity index is 705. The van der Waals surface area contributed by atoms with Gasteiger partial charge in [0.05, 0.1) is 0 Å². The predicted molar refractivity (Wildman–Crippen MR) is 98.2 cm³/mol. The SMILES string of the molecule is CN=C(NCCc1c[nH]c2ncccc12)N1CC2CCCCC2C1. The highest BCUT2D eigenvalue weighted by atomic mass is 15.3. The maximum Gasteiger partial charge on any atom is 0.193 e. The number of rotatable bonds is 3. The topological polar surface area (TPSA) is 56.3 Å². The van der Waals surface area contributed by atoms with Crippen LogP contribution in [0, 0.1) is 11.8 Å². The molecule has 1 aliphatic carbocycles. The fraction of sp³-hybridized carbons (Fsp3) is 0.579. The van der Waals surface area contributed by atoms with Crippen LogP contribution in [0.1, 0.15) is 31.2 Å². The minimum absolute atomic E-state index is 0.886. The molecule has 24 heavy (non-hydrogen) atoms. The van der Waals surface area contributed by atoms with Crippen LogP contribution in [0.5, 0.6) is 0 Å². The molecule has 2 aliphatic rings. The van der Waals surface area contributed by atoms with Gasteiger partial charge >= 0.3 is 0 Å². The normalized spacial score (nSPS) is 24.4. The zero-order valence-electron chi connectivity index (χ0n) is 14.5. The number of pyridine rings is 1. The van der Waals surface area contributed by atoms with E-state index in [9.17, 15) is 0 Å². The maximum atomic E-state index is 4.52. The van der Waals surface area contributed by atoms with Crippen molar-refractivity contribution < 1.29 is 0 Å². The molecule has 2 aromatic heterocycles. The Hall–Kier alpha value is -2.04. The lowest BCUT2D eigenvalue weighted by Gasteiger charge is -2.22. The second kappa shape index (κ2) is 6.83. The lowest BCUT2D eigenvalue weighted by atomic mass is 9.82. The molecule has 4 rings (SSSR count). The third kappa shape index (κ3) is 2.99. The van der Waals surface area contributed by atoms with Gasteiger partial charge in [0.1, 0.15) is 5.65 Å². The molecule has 2 N–H and O–H groups in total. The molecule has 2 atom stereocenters. The summed E-state index contributed by atoms with van der Waals surface area (Å²) in [6, 6.07) is 4.13. The second-order valence-electron chi connectivity index (χ2n) is 7.15. The van der Waals surface area contributed by atoms with Gasteiger partial charge in [0.2, 0.25) is 0 Å². The van der Waals surface area contributed by atoms with Gasteiger partial charge in [0.25, 0.3) is 0 Å². The Morgan fingerprint density at radius 3 is 2.88 bits per heavy atom. The van der Waals surface area contributed by atoms with Crippen LogP contribution in [0.4, 0.5) is 0 Å². The number of likely N-dealkylation sites (tertiary alicyclic amines) is 1. The predicted octanol–water partition coefficient (Wildman–Crippen LogP) is 2.80. The van der Waals surface area contributed by atoms with Crippen molar-refractivity contribution in [2.24, 2.45) is 16.8 Å². The lowest BCUT2D eigenvalue weighted by Crippen LogP contribution is -2.41. The molecular formula is C19H27N5. The molecule has 2 unspecified atom stereocenters. The summed E-state index contributed by atoms with van der Waals surface area (Å²) in [4.78, 5) is 14.6. The number of guanidine groups is 1. The molecule has 0 radical (unpaired) electrons. The van der Waals surface area contributed by atoms with Crippen molar-refractivity contribution in [3.63, 3.8) is 0 Å². The largest absolute Gasteiger partial charge is 0.356 e. The van der Waals surface area contributed by atoms with Gasteiger partial charge in [-0.05, 0) is 48.8 Å². The smallest absolute Gasteiger partial charge is 0.193 e. The first-order valence-corrected chi connectivity index (χ1v) is 9.21. The van der Waals surface area contributed by atoms with E-state index in [2.05, 4.69) is 37.4 Å². The molecule has 1 saturated carbocycles. The van der Waals surface area contributed by atoms with Crippen molar-refractivity contribution in [1.82, 2.24) is 20.2 Å². The fourth-order valence-electron chi connectivity index (χ4n) is 4.44. The molecule has 0 spiro atoms. The van der Waals surface area contributed by atoms with Crippen LogP contribution in [0.15, 0.2) is 29.5 Å². The van der Waals surface area contributed by atoms with Crippen LogP contribution in [0.2, 0.25) is 0 Å². The van der Waals surface area contributed by atoms with Gasteiger partial charge < -0.3 is 15.2 Å². The zero-order chi connectivity index (χ0) is 16.4. The molecule has 2 fully saturated rings. The number of H-pyrrole nitrogens is 1. The van der Waals surface area contributed by atoms with Crippen LogP contribution in [-0.2, 0) is 6.42 Å². The van der Waals surface area contributed by atoms with Crippen molar-refractivity contribution in [3.05, 3.63) is 30.1 Å². The number of aliphatic imine (C=N–C) groups is 1. The van der Waals surface area contributed by atoms with E-state index < -0.39 is 0 Å². The number of fused-ring (bicyclic) bond motifs is 2. The van der Waals surface area contributed by atoms with E-state index in [-0.39, 0.29) is 0 Å². The Kier molecular flexibility index (Phi) is 4.41. The first-order chi connectivity index (χ1) is 11.8. The Morgan fingerprint density at radius 1 is 1.33 bits per heavy atom. The Balaban J connectivity index is 1.34. The molecule has 5 heteroatoms. The summed E-state index contributed by atoms with van der Waals surface area (Å²) < 4.78 is 0. The minimum atomic E-state index is 0.886. The molecule has 1 aliphatic heterocycles. The minimum Gasteiger partial charge on any atom is -0.356 e. The number of aromatic amines is 1. The average Bonchev–Trinajstić information content (AvgIpc) is 3.23. The van der Waals surface area contributed by atoms with Crippen molar-refractivity contribution in [3.8, 4) is 0 Å². The summed E-state index contributed by atoms with van der Waals surface area (Å²) in [6.45, 7) is 3.27. The van der Waals surface area contributed by atoms with Gasteiger partial charge in [0.15, 0.2) is 5.96 Å². The van der Waals surface area contributed by atoms with E-state index in [0.717, 1.165) is 36.4 Å². The molecule has 0 aromatic carbocycles. The van der Waals surface area contributed by atoms with Crippen LogP contribution in [0.25, 0.3) is 11.0 Å². The van der Waals surface area contributed by atoms with Crippen LogP contribution >= 0.6 is 0 Å². The van der Waals surface area contributed by atoms with Gasteiger partial charge in [-0.2, -0.15) is 0 Å². The quantitative estimate of drug-likeness (QED) is 0.674. The molecule has 3 heterocycles. The zero-order valence-corrected chi connectivity index (χ0v) is 14.5. The van der Waals surface area contributed by atoms with Crippen molar-refractivity contribution in [2.75, 3.05) is 26.7 Å².